The van der Waals surface area contributed by atoms with Crippen molar-refractivity contribution in [3.05, 3.63) is 0 Å². The van der Waals surface area contributed by atoms with E-state index < -0.39 is 0 Å². The number of ether oxygens (including phenoxy) is 1. The van der Waals surface area contributed by atoms with Crippen molar-refractivity contribution in [2.24, 2.45) is 11.8 Å². The molecule has 0 N–H and O–H groups in total. The maximum Gasteiger partial charge on any atom is 0.0593 e. The van der Waals surface area contributed by atoms with Crippen molar-refractivity contribution < 1.29 is 4.74 Å². The van der Waals surface area contributed by atoms with Gasteiger partial charge in [-0.25, -0.2) is 0 Å². The second-order valence-electron chi connectivity index (χ2n) is 5.63. The third-order valence-electron chi connectivity index (χ3n) is 2.92. The van der Waals surface area contributed by atoms with Crippen molar-refractivity contribution in [3.8, 4) is 0 Å². The van der Waals surface area contributed by atoms with Crippen LogP contribution in [0.25, 0.3) is 0 Å². The van der Waals surface area contributed by atoms with Crippen LogP contribution in [-0.2, 0) is 4.74 Å². The van der Waals surface area contributed by atoms with E-state index in [1.165, 1.54) is 25.7 Å². The molecule has 1 atom stereocenters. The van der Waals surface area contributed by atoms with Gasteiger partial charge in [0.05, 0.1) is 6.61 Å². The lowest BCUT2D eigenvalue weighted by Gasteiger charge is -2.13. The zero-order valence-corrected chi connectivity index (χ0v) is 12.0. The van der Waals surface area contributed by atoms with E-state index in [4.69, 9.17) is 4.74 Å². The van der Waals surface area contributed by atoms with Crippen LogP contribution in [0.4, 0.5) is 0 Å². The Kier molecular flexibility index (Phi) is 10.0. The van der Waals surface area contributed by atoms with E-state index in [0.717, 1.165) is 31.6 Å². The molecule has 98 valence electrons. The Hall–Kier alpha value is -0.0800. The van der Waals surface area contributed by atoms with E-state index in [2.05, 4.69) is 39.8 Å². The molecule has 16 heavy (non-hydrogen) atoms. The lowest BCUT2D eigenvalue weighted by molar-refractivity contribution is 0.106. The van der Waals surface area contributed by atoms with Crippen molar-refractivity contribution in [1.29, 1.82) is 0 Å². The zero-order valence-electron chi connectivity index (χ0n) is 12.0. The first kappa shape index (κ1) is 15.9. The highest BCUT2D eigenvalue weighted by Gasteiger charge is 2.03. The molecular weight excluding hydrogens is 198 g/mol. The quantitative estimate of drug-likeness (QED) is 0.532. The SMILES string of the molecule is CC(C)CCCC(C)CCOCCN(C)C. The predicted octanol–water partition coefficient (Wildman–Crippen LogP) is 3.42. The molecule has 0 amide bonds. The van der Waals surface area contributed by atoms with E-state index in [0.29, 0.717) is 0 Å². The molecule has 2 heteroatoms. The summed E-state index contributed by atoms with van der Waals surface area (Å²) in [4.78, 5) is 2.16. The Labute approximate surface area is 102 Å². The van der Waals surface area contributed by atoms with Gasteiger partial charge in [-0.1, -0.05) is 40.0 Å². The van der Waals surface area contributed by atoms with Crippen LogP contribution in [-0.4, -0.2) is 38.8 Å². The van der Waals surface area contributed by atoms with Crippen molar-refractivity contribution >= 4 is 0 Å². The van der Waals surface area contributed by atoms with Crippen LogP contribution in [0.5, 0.6) is 0 Å². The van der Waals surface area contributed by atoms with Crippen molar-refractivity contribution in [3.63, 3.8) is 0 Å². The first-order valence-electron chi connectivity index (χ1n) is 6.74. The summed E-state index contributed by atoms with van der Waals surface area (Å²) in [6.07, 6.45) is 5.31. The Morgan fingerprint density at radius 3 is 2.19 bits per heavy atom. The standard InChI is InChI=1S/C14H31NO/c1-13(2)7-6-8-14(3)9-11-16-12-10-15(4)5/h13-14H,6-12H2,1-5H3. The summed E-state index contributed by atoms with van der Waals surface area (Å²) in [5.41, 5.74) is 0. The molecule has 0 fully saturated rings. The fourth-order valence-corrected chi connectivity index (χ4v) is 1.65. The first-order valence-corrected chi connectivity index (χ1v) is 6.74. The summed E-state index contributed by atoms with van der Waals surface area (Å²) in [6, 6.07) is 0. The molecule has 0 saturated heterocycles. The monoisotopic (exact) mass is 229 g/mol. The molecule has 0 saturated carbocycles. The van der Waals surface area contributed by atoms with Crippen LogP contribution < -0.4 is 0 Å². The number of nitrogens with zero attached hydrogens (tertiary/aromatic N) is 1. The van der Waals surface area contributed by atoms with Crippen LogP contribution in [0.15, 0.2) is 0 Å². The Morgan fingerprint density at radius 1 is 0.938 bits per heavy atom. The fraction of sp³-hybridized carbons (Fsp3) is 1.00. The van der Waals surface area contributed by atoms with Gasteiger partial charge in [0.15, 0.2) is 0 Å². The lowest BCUT2D eigenvalue weighted by Crippen LogP contribution is -2.18. The smallest absolute Gasteiger partial charge is 0.0593 e. The number of rotatable bonds is 10. The maximum atomic E-state index is 5.60. The highest BCUT2D eigenvalue weighted by molar-refractivity contribution is 4.55. The molecule has 0 spiro atoms. The predicted molar refractivity (Wildman–Crippen MR) is 71.8 cm³/mol. The van der Waals surface area contributed by atoms with E-state index in [1.807, 2.05) is 0 Å². The van der Waals surface area contributed by atoms with Gasteiger partial charge in [0.2, 0.25) is 0 Å². The second-order valence-corrected chi connectivity index (χ2v) is 5.63. The average molecular weight is 229 g/mol. The molecule has 1 unspecified atom stereocenters. The molecule has 0 rings (SSSR count). The van der Waals surface area contributed by atoms with Gasteiger partial charge < -0.3 is 9.64 Å². The first-order chi connectivity index (χ1) is 7.52. The summed E-state index contributed by atoms with van der Waals surface area (Å²) in [7, 11) is 4.16. The van der Waals surface area contributed by atoms with E-state index in [9.17, 15) is 0 Å². The van der Waals surface area contributed by atoms with Crippen LogP contribution >= 0.6 is 0 Å². The van der Waals surface area contributed by atoms with E-state index in [1.54, 1.807) is 0 Å². The van der Waals surface area contributed by atoms with Crippen molar-refractivity contribution in [2.75, 3.05) is 33.9 Å². The third kappa shape index (κ3) is 12.0. The second kappa shape index (κ2) is 10.1. The van der Waals surface area contributed by atoms with Gasteiger partial charge in [0.1, 0.15) is 0 Å². The molecule has 0 aliphatic carbocycles. The third-order valence-corrected chi connectivity index (χ3v) is 2.92. The zero-order chi connectivity index (χ0) is 12.4. The summed E-state index contributed by atoms with van der Waals surface area (Å²) in [6.45, 7) is 9.77. The van der Waals surface area contributed by atoms with Gasteiger partial charge in [0.25, 0.3) is 0 Å². The molecule has 0 aromatic rings. The molecule has 0 aliphatic rings. The molecule has 0 bridgehead atoms. The minimum Gasteiger partial charge on any atom is -0.380 e. The van der Waals surface area contributed by atoms with Gasteiger partial charge in [-0.05, 0) is 32.4 Å². The highest BCUT2D eigenvalue weighted by atomic mass is 16.5. The molecule has 0 aliphatic heterocycles. The van der Waals surface area contributed by atoms with Gasteiger partial charge >= 0.3 is 0 Å². The van der Waals surface area contributed by atoms with Crippen LogP contribution in [0, 0.1) is 11.8 Å². The highest BCUT2D eigenvalue weighted by Crippen LogP contribution is 2.14. The van der Waals surface area contributed by atoms with Gasteiger partial charge in [-0.15, -0.1) is 0 Å². The maximum absolute atomic E-state index is 5.60. The topological polar surface area (TPSA) is 12.5 Å². The lowest BCUT2D eigenvalue weighted by atomic mass is 9.98. The van der Waals surface area contributed by atoms with Crippen LogP contribution in [0.2, 0.25) is 0 Å². The van der Waals surface area contributed by atoms with Gasteiger partial charge in [0, 0.05) is 13.2 Å². The number of likely N-dealkylation sites (N-methyl/N-ethyl adjacent to an activating group) is 1. The average Bonchev–Trinajstić information content (AvgIpc) is 2.16. The number of hydrogen-bond acceptors (Lipinski definition) is 2. The summed E-state index contributed by atoms with van der Waals surface area (Å²) >= 11 is 0. The molecule has 0 aromatic carbocycles. The normalized spacial score (nSPS) is 13.7. The largest absolute Gasteiger partial charge is 0.380 e. The van der Waals surface area contributed by atoms with Crippen molar-refractivity contribution in [1.82, 2.24) is 4.90 Å². The molecule has 0 aromatic heterocycles. The molecular formula is C14H31NO. The Balaban J connectivity index is 3.20. The molecule has 0 radical (unpaired) electrons. The Bertz CT molecular complexity index is 146. The van der Waals surface area contributed by atoms with E-state index in [-0.39, 0.29) is 0 Å². The summed E-state index contributed by atoms with van der Waals surface area (Å²) in [5, 5.41) is 0. The summed E-state index contributed by atoms with van der Waals surface area (Å²) < 4.78 is 5.60. The molecule has 2 nitrogen and oxygen atoms in total. The minimum atomic E-state index is 0.818. The van der Waals surface area contributed by atoms with Gasteiger partial charge in [-0.3, -0.25) is 0 Å². The Morgan fingerprint density at radius 2 is 1.62 bits per heavy atom. The number of hydrogen-bond donors (Lipinski definition) is 0. The van der Waals surface area contributed by atoms with Gasteiger partial charge in [-0.2, -0.15) is 0 Å². The van der Waals surface area contributed by atoms with Crippen molar-refractivity contribution in [2.45, 2.75) is 46.5 Å². The van der Waals surface area contributed by atoms with Crippen LogP contribution in [0.3, 0.4) is 0 Å². The fourth-order valence-electron chi connectivity index (χ4n) is 1.65. The van der Waals surface area contributed by atoms with E-state index >= 15 is 0 Å². The van der Waals surface area contributed by atoms with Crippen LogP contribution in [0.1, 0.15) is 46.5 Å². The molecule has 0 heterocycles. The minimum absolute atomic E-state index is 0.818. The summed E-state index contributed by atoms with van der Waals surface area (Å²) in [5.74, 6) is 1.67.